The van der Waals surface area contributed by atoms with Crippen molar-refractivity contribution in [1.82, 2.24) is 25.1 Å². The van der Waals surface area contributed by atoms with Crippen molar-refractivity contribution < 1.29 is 23.0 Å². The molecule has 3 heterocycles. The number of nitrogens with one attached hydrogen (secondary N) is 1. The van der Waals surface area contributed by atoms with Crippen molar-refractivity contribution in [3.63, 3.8) is 0 Å². The number of hydrogen-bond donors (Lipinski definition) is 1. The van der Waals surface area contributed by atoms with E-state index in [0.717, 1.165) is 24.2 Å². The molecule has 12 heteroatoms. The van der Waals surface area contributed by atoms with E-state index in [1.807, 2.05) is 18.1 Å². The Kier molecular flexibility index (Phi) is 9.52. The number of carbonyl (C=O) groups excluding carboxylic acids is 1. The zero-order valence-corrected chi connectivity index (χ0v) is 23.1. The number of aromatic nitrogens is 4. The maximum absolute atomic E-state index is 13.6. The molecule has 4 rings (SSSR count). The topological polar surface area (TPSA) is 102 Å². The van der Waals surface area contributed by atoms with Crippen LogP contribution in [0.4, 0.5) is 13.9 Å². The highest BCUT2D eigenvalue weighted by molar-refractivity contribution is 7.15. The number of pyridine rings is 2. The van der Waals surface area contributed by atoms with Crippen LogP contribution in [0.2, 0.25) is 0 Å². The molecule has 9 nitrogen and oxygen atoms in total. The minimum atomic E-state index is -2.82. The third-order valence-corrected chi connectivity index (χ3v) is 6.64. The molecule has 1 amide bonds. The average molecular weight is 567 g/mol. The van der Waals surface area contributed by atoms with Crippen molar-refractivity contribution in [1.29, 1.82) is 0 Å². The van der Waals surface area contributed by atoms with E-state index in [1.165, 1.54) is 25.6 Å². The van der Waals surface area contributed by atoms with Crippen LogP contribution in [0, 0.1) is 17.8 Å². The van der Waals surface area contributed by atoms with Gasteiger partial charge in [0, 0.05) is 43.9 Å². The van der Waals surface area contributed by atoms with Crippen LogP contribution in [0.3, 0.4) is 0 Å². The zero-order valence-electron chi connectivity index (χ0n) is 22.3. The number of likely N-dealkylation sites (N-methyl/N-ethyl adjacent to an activating group) is 1. The summed E-state index contributed by atoms with van der Waals surface area (Å²) in [6.45, 7) is 5.30. The van der Waals surface area contributed by atoms with E-state index in [1.54, 1.807) is 19.3 Å². The van der Waals surface area contributed by atoms with Gasteiger partial charge >= 0.3 is 0 Å². The molecule has 0 bridgehead atoms. The van der Waals surface area contributed by atoms with Gasteiger partial charge in [0.05, 0.1) is 31.2 Å². The molecule has 0 aromatic carbocycles. The van der Waals surface area contributed by atoms with Gasteiger partial charge in [-0.15, -0.1) is 10.2 Å². The third-order valence-electron chi connectivity index (χ3n) is 5.88. The van der Waals surface area contributed by atoms with Gasteiger partial charge in [-0.3, -0.25) is 20.1 Å². The molecule has 1 saturated carbocycles. The predicted octanol–water partition coefficient (Wildman–Crippen LogP) is 5.06. The normalized spacial score (nSPS) is 12.8. The number of methoxy groups -OCH3 is 2. The number of nitrogens with zero attached hydrogens (tertiary/aromatic N) is 5. The molecule has 1 fully saturated rings. The molecule has 0 aliphatic heterocycles. The molecule has 0 atom stereocenters. The first-order valence-electron chi connectivity index (χ1n) is 12.3. The van der Waals surface area contributed by atoms with Crippen LogP contribution >= 0.6 is 11.3 Å². The van der Waals surface area contributed by atoms with Crippen LogP contribution in [0.15, 0.2) is 43.4 Å². The zero-order chi connectivity index (χ0) is 28.6. The number of anilines is 1. The second-order valence-electron chi connectivity index (χ2n) is 8.95. The molecule has 3 aromatic heterocycles. The number of amides is 1. The number of ether oxygens (including phenoxy) is 2. The summed E-state index contributed by atoms with van der Waals surface area (Å²) in [5.74, 6) is 6.14. The maximum Gasteiger partial charge on any atom is 0.280 e. The quantitative estimate of drug-likeness (QED) is 0.254. The summed E-state index contributed by atoms with van der Waals surface area (Å²) in [5.41, 5.74) is 1.20. The van der Waals surface area contributed by atoms with Crippen molar-refractivity contribution in [2.75, 3.05) is 39.7 Å². The van der Waals surface area contributed by atoms with E-state index in [9.17, 15) is 13.6 Å². The van der Waals surface area contributed by atoms with E-state index in [0.29, 0.717) is 40.9 Å². The van der Waals surface area contributed by atoms with Crippen LogP contribution in [-0.2, 0) is 4.74 Å². The number of halogens is 2. The fourth-order valence-electron chi connectivity index (χ4n) is 3.48. The Morgan fingerprint density at radius 2 is 2.05 bits per heavy atom. The monoisotopic (exact) mass is 566 g/mol. The first-order valence-corrected chi connectivity index (χ1v) is 13.2. The van der Waals surface area contributed by atoms with E-state index in [2.05, 4.69) is 43.9 Å². The van der Waals surface area contributed by atoms with Crippen LogP contribution in [0.5, 0.6) is 5.75 Å². The standard InChI is InChI=1S/C28H28F2N6O3S/c1-17(9-10-36(2)11-12-38-3)22-13-19(20-14-23(26(29)30)32-16-24(20)39-4)21(15-31-22)27(37)33-28-35-34-25(40-28)8-7-18-5-6-18/h9-10,13-16,18,26H,1,5-6,11-12H2,2-4H3,(H,33,35,37)/b10-9-. The first-order chi connectivity index (χ1) is 19.3. The van der Waals surface area contributed by atoms with Gasteiger partial charge in [-0.05, 0) is 48.7 Å². The highest BCUT2D eigenvalue weighted by Crippen LogP contribution is 2.36. The number of alkyl halides is 2. The Bertz CT molecular complexity index is 1480. The largest absolute Gasteiger partial charge is 0.494 e. The van der Waals surface area contributed by atoms with Gasteiger partial charge in [0.25, 0.3) is 12.3 Å². The molecular formula is C28H28F2N6O3S. The van der Waals surface area contributed by atoms with Gasteiger partial charge < -0.3 is 14.4 Å². The summed E-state index contributed by atoms with van der Waals surface area (Å²) in [7, 11) is 4.91. The van der Waals surface area contributed by atoms with Gasteiger partial charge in [0.15, 0.2) is 5.01 Å². The fraction of sp³-hybridized carbons (Fsp3) is 0.321. The summed E-state index contributed by atoms with van der Waals surface area (Å²) in [6, 6.07) is 2.81. The fourth-order valence-corrected chi connectivity index (χ4v) is 4.08. The molecular weight excluding hydrogens is 538 g/mol. The molecule has 1 aliphatic carbocycles. The molecule has 0 saturated heterocycles. The lowest BCUT2D eigenvalue weighted by Gasteiger charge is -2.15. The predicted molar refractivity (Wildman–Crippen MR) is 149 cm³/mol. The minimum Gasteiger partial charge on any atom is -0.494 e. The summed E-state index contributed by atoms with van der Waals surface area (Å²) in [4.78, 5) is 23.5. The maximum atomic E-state index is 13.6. The van der Waals surface area contributed by atoms with Crippen LogP contribution in [0.25, 0.3) is 16.7 Å². The molecule has 208 valence electrons. The van der Waals surface area contributed by atoms with Gasteiger partial charge in [-0.1, -0.05) is 23.8 Å². The summed E-state index contributed by atoms with van der Waals surface area (Å²) >= 11 is 1.15. The van der Waals surface area contributed by atoms with E-state index in [-0.39, 0.29) is 22.0 Å². The highest BCUT2D eigenvalue weighted by Gasteiger charge is 2.22. The smallest absolute Gasteiger partial charge is 0.280 e. The second kappa shape index (κ2) is 13.2. The van der Waals surface area contributed by atoms with E-state index in [4.69, 9.17) is 9.47 Å². The van der Waals surface area contributed by atoms with Crippen LogP contribution in [0.1, 0.15) is 46.0 Å². The highest BCUT2D eigenvalue weighted by atomic mass is 32.1. The number of allylic oxidation sites excluding steroid dienone is 2. The second-order valence-corrected chi connectivity index (χ2v) is 9.93. The number of carbonyl (C=O) groups is 1. The van der Waals surface area contributed by atoms with Crippen molar-refractivity contribution >= 4 is 27.9 Å². The Morgan fingerprint density at radius 1 is 1.25 bits per heavy atom. The summed E-state index contributed by atoms with van der Waals surface area (Å²) in [5, 5.41) is 11.5. The lowest BCUT2D eigenvalue weighted by Crippen LogP contribution is -2.16. The molecule has 40 heavy (non-hydrogen) atoms. The van der Waals surface area contributed by atoms with Gasteiger partial charge in [0.2, 0.25) is 5.13 Å². The molecule has 1 aliphatic rings. The van der Waals surface area contributed by atoms with Crippen LogP contribution in [-0.4, -0.2) is 65.4 Å². The molecule has 0 spiro atoms. The van der Waals surface area contributed by atoms with E-state index < -0.39 is 18.0 Å². The van der Waals surface area contributed by atoms with Crippen LogP contribution < -0.4 is 10.1 Å². The van der Waals surface area contributed by atoms with E-state index >= 15 is 0 Å². The van der Waals surface area contributed by atoms with Gasteiger partial charge in [0.1, 0.15) is 11.4 Å². The van der Waals surface area contributed by atoms with Gasteiger partial charge in [-0.25, -0.2) is 8.78 Å². The molecule has 0 unspecified atom stereocenters. The lowest BCUT2D eigenvalue weighted by molar-refractivity contribution is 0.102. The summed E-state index contributed by atoms with van der Waals surface area (Å²) in [6.07, 6.45) is 5.50. The minimum absolute atomic E-state index is 0.114. The lowest BCUT2D eigenvalue weighted by atomic mass is 9.98. The van der Waals surface area contributed by atoms with Crippen molar-refractivity contribution in [2.24, 2.45) is 5.92 Å². The summed E-state index contributed by atoms with van der Waals surface area (Å²) < 4.78 is 37.7. The first kappa shape index (κ1) is 28.8. The van der Waals surface area contributed by atoms with Gasteiger partial charge in [-0.2, -0.15) is 0 Å². The molecule has 3 aromatic rings. The third kappa shape index (κ3) is 7.46. The Labute approximate surface area is 235 Å². The average Bonchev–Trinajstić information content (AvgIpc) is 3.69. The SMILES string of the molecule is C=C(/C=C\N(C)CCOC)c1cc(-c2cc(C(F)F)ncc2OC)c(C(=O)Nc2nnc(C#CC3CC3)s2)cn1. The number of hydrogen-bond acceptors (Lipinski definition) is 9. The number of rotatable bonds is 11. The van der Waals surface area contributed by atoms with Crippen molar-refractivity contribution in [2.45, 2.75) is 19.3 Å². The Morgan fingerprint density at radius 3 is 2.75 bits per heavy atom. The molecule has 1 N–H and O–H groups in total. The van der Waals surface area contributed by atoms with Crippen molar-refractivity contribution in [3.8, 4) is 28.7 Å². The Balaban J connectivity index is 1.69. The van der Waals surface area contributed by atoms with Crippen molar-refractivity contribution in [3.05, 3.63) is 65.3 Å². The Hall–Kier alpha value is -4.21. The molecule has 0 radical (unpaired) electrons.